The maximum Gasteiger partial charge on any atom is 0.164 e. The molecule has 59 heavy (non-hydrogen) atoms. The molecule has 0 amide bonds. The van der Waals surface area contributed by atoms with Crippen molar-refractivity contribution in [2.45, 2.75) is 0 Å². The summed E-state index contributed by atoms with van der Waals surface area (Å²) in [6.07, 6.45) is 0. The third kappa shape index (κ3) is 5.58. The number of rotatable bonds is 5. The largest absolute Gasteiger partial charge is 0.247 e. The lowest BCUT2D eigenvalue weighted by atomic mass is 9.92. The normalized spacial score (nSPS) is 11.7. The van der Waals surface area contributed by atoms with Crippen LogP contribution in [0.25, 0.3) is 120 Å². The molecule has 0 saturated carbocycles. The summed E-state index contributed by atoms with van der Waals surface area (Å²) >= 11 is 1.83. The molecule has 4 nitrogen and oxygen atoms in total. The fourth-order valence-corrected chi connectivity index (χ4v) is 9.91. The van der Waals surface area contributed by atoms with Gasteiger partial charge in [-0.3, -0.25) is 0 Å². The molecule has 0 N–H and O–H groups in total. The minimum Gasteiger partial charge on any atom is -0.247 e. The van der Waals surface area contributed by atoms with Crippen molar-refractivity contribution < 1.29 is 0 Å². The fourth-order valence-electron chi connectivity index (χ4n) is 8.67. The maximum absolute atomic E-state index is 5.25. The summed E-state index contributed by atoms with van der Waals surface area (Å²) in [5, 5.41) is 11.2. The predicted octanol–water partition coefficient (Wildman–Crippen LogP) is 14.6. The zero-order valence-electron chi connectivity index (χ0n) is 31.7. The molecular weight excluding hydrogens is 737 g/mol. The summed E-state index contributed by atoms with van der Waals surface area (Å²) in [6.45, 7) is 0. The van der Waals surface area contributed by atoms with Crippen LogP contribution >= 0.6 is 11.3 Å². The van der Waals surface area contributed by atoms with Gasteiger partial charge in [0.1, 0.15) is 0 Å². The van der Waals surface area contributed by atoms with E-state index in [9.17, 15) is 0 Å². The quantitative estimate of drug-likeness (QED) is 0.164. The van der Waals surface area contributed by atoms with Gasteiger partial charge in [0, 0.05) is 47.8 Å². The highest BCUT2D eigenvalue weighted by Crippen LogP contribution is 2.43. The van der Waals surface area contributed by atoms with Crippen LogP contribution in [0.5, 0.6) is 0 Å². The van der Waals surface area contributed by atoms with E-state index in [4.69, 9.17) is 19.9 Å². The summed E-state index contributed by atoms with van der Waals surface area (Å²) in [5.41, 5.74) is 8.04. The van der Waals surface area contributed by atoms with Crippen LogP contribution in [-0.4, -0.2) is 19.9 Å². The highest BCUT2D eigenvalue weighted by atomic mass is 32.1. The maximum atomic E-state index is 5.25. The molecule has 9 aromatic carbocycles. The molecule has 0 bridgehead atoms. The Morgan fingerprint density at radius 3 is 1.47 bits per heavy atom. The van der Waals surface area contributed by atoms with Gasteiger partial charge in [-0.05, 0) is 67.7 Å². The second-order valence-corrected chi connectivity index (χ2v) is 16.0. The SMILES string of the molecule is c1ccc(-c2nc(-c3ccc(-c4nc5ccccc5c5sc6ccccc6c45)cc3)nc(-c3cccc(-c4ccc5c6ccccc6c6ccccc6c5c4)c3)n2)cc1. The van der Waals surface area contributed by atoms with Gasteiger partial charge in [-0.25, -0.2) is 19.9 Å². The number of aromatic nitrogens is 4. The van der Waals surface area contributed by atoms with Gasteiger partial charge in [0.25, 0.3) is 0 Å². The van der Waals surface area contributed by atoms with Gasteiger partial charge in [0.15, 0.2) is 17.5 Å². The van der Waals surface area contributed by atoms with E-state index in [1.165, 1.54) is 57.9 Å². The Bertz CT molecular complexity index is 3580. The monoisotopic (exact) mass is 768 g/mol. The lowest BCUT2D eigenvalue weighted by Crippen LogP contribution is -2.00. The van der Waals surface area contributed by atoms with Crippen molar-refractivity contribution >= 4 is 74.7 Å². The first kappa shape index (κ1) is 33.5. The molecule has 274 valence electrons. The van der Waals surface area contributed by atoms with Crippen LogP contribution in [0.2, 0.25) is 0 Å². The fraction of sp³-hybridized carbons (Fsp3) is 0. The number of nitrogens with zero attached hydrogens (tertiary/aromatic N) is 4. The van der Waals surface area contributed by atoms with E-state index < -0.39 is 0 Å². The lowest BCUT2D eigenvalue weighted by Gasteiger charge is -2.13. The van der Waals surface area contributed by atoms with E-state index in [1.54, 1.807) is 0 Å². The van der Waals surface area contributed by atoms with Crippen molar-refractivity contribution in [3.05, 3.63) is 194 Å². The molecule has 3 aromatic heterocycles. The van der Waals surface area contributed by atoms with Gasteiger partial charge in [0.05, 0.1) is 11.2 Å². The summed E-state index contributed by atoms with van der Waals surface area (Å²) < 4.78 is 2.52. The van der Waals surface area contributed by atoms with Crippen molar-refractivity contribution in [2.75, 3.05) is 0 Å². The lowest BCUT2D eigenvalue weighted by molar-refractivity contribution is 1.07. The third-order valence-corrected chi connectivity index (χ3v) is 12.7. The minimum atomic E-state index is 0.618. The van der Waals surface area contributed by atoms with Gasteiger partial charge < -0.3 is 0 Å². The van der Waals surface area contributed by atoms with Crippen LogP contribution in [-0.2, 0) is 0 Å². The molecule has 0 spiro atoms. The molecule has 0 saturated heterocycles. The Balaban J connectivity index is 0.976. The number of para-hydroxylation sites is 1. The van der Waals surface area contributed by atoms with Gasteiger partial charge in [0.2, 0.25) is 0 Å². The highest BCUT2D eigenvalue weighted by molar-refractivity contribution is 7.26. The molecule has 12 rings (SSSR count). The first-order valence-corrected chi connectivity index (χ1v) is 20.6. The first-order valence-electron chi connectivity index (χ1n) is 19.8. The Kier molecular flexibility index (Phi) is 7.68. The van der Waals surface area contributed by atoms with Gasteiger partial charge in [-0.15, -0.1) is 11.3 Å². The molecule has 0 fully saturated rings. The van der Waals surface area contributed by atoms with Crippen LogP contribution in [0.1, 0.15) is 0 Å². The molecule has 0 aliphatic rings. The Labute approximate surface area is 343 Å². The topological polar surface area (TPSA) is 51.6 Å². The number of fused-ring (bicyclic) bond motifs is 11. The molecule has 5 heteroatoms. The average molecular weight is 769 g/mol. The van der Waals surface area contributed by atoms with Crippen molar-refractivity contribution in [2.24, 2.45) is 0 Å². The molecule has 12 aromatic rings. The van der Waals surface area contributed by atoms with Gasteiger partial charge >= 0.3 is 0 Å². The Morgan fingerprint density at radius 1 is 0.288 bits per heavy atom. The molecule has 0 radical (unpaired) electrons. The molecule has 0 aliphatic heterocycles. The number of benzene rings is 9. The van der Waals surface area contributed by atoms with E-state index in [-0.39, 0.29) is 0 Å². The summed E-state index contributed by atoms with van der Waals surface area (Å²) in [4.78, 5) is 20.5. The highest BCUT2D eigenvalue weighted by Gasteiger charge is 2.18. The number of hydrogen-bond donors (Lipinski definition) is 0. The number of pyridine rings is 1. The molecule has 3 heterocycles. The first-order chi connectivity index (χ1) is 29.2. The predicted molar refractivity (Wildman–Crippen MR) is 248 cm³/mol. The van der Waals surface area contributed by atoms with E-state index >= 15 is 0 Å². The zero-order valence-corrected chi connectivity index (χ0v) is 32.5. The van der Waals surface area contributed by atoms with Crippen LogP contribution in [0.3, 0.4) is 0 Å². The number of hydrogen-bond acceptors (Lipinski definition) is 5. The summed E-state index contributed by atoms with van der Waals surface area (Å²) in [5.74, 6) is 1.87. The van der Waals surface area contributed by atoms with E-state index in [0.29, 0.717) is 17.5 Å². The molecule has 0 unspecified atom stereocenters. The minimum absolute atomic E-state index is 0.618. The van der Waals surface area contributed by atoms with Crippen LogP contribution in [0, 0.1) is 0 Å². The zero-order chi connectivity index (χ0) is 38.9. The van der Waals surface area contributed by atoms with E-state index in [2.05, 4.69) is 164 Å². The Hall–Kier alpha value is -7.60. The third-order valence-electron chi connectivity index (χ3n) is 11.5. The standard InChI is InChI=1S/C54H32N4S/c1-2-13-34(14-3-1)52-56-53(35-27-25-33(26-28-35)50-49-45-22-9-11-24-48(45)59-51(49)44-21-8-10-23-47(44)55-50)58-54(57-52)38-16-12-15-36(31-38)37-29-30-43-41-19-5-4-17-39(41)40-18-6-7-20-42(40)46(43)32-37/h1-32H. The summed E-state index contributed by atoms with van der Waals surface area (Å²) in [7, 11) is 0. The molecular formula is C54H32N4S. The number of thiophene rings is 1. The van der Waals surface area contributed by atoms with E-state index in [1.807, 2.05) is 41.7 Å². The molecule has 0 atom stereocenters. The van der Waals surface area contributed by atoms with Gasteiger partial charge in [-0.1, -0.05) is 170 Å². The van der Waals surface area contributed by atoms with Gasteiger partial charge in [-0.2, -0.15) is 0 Å². The van der Waals surface area contributed by atoms with Crippen molar-refractivity contribution in [1.29, 1.82) is 0 Å². The van der Waals surface area contributed by atoms with Crippen molar-refractivity contribution in [1.82, 2.24) is 19.9 Å². The van der Waals surface area contributed by atoms with E-state index in [0.717, 1.165) is 44.6 Å². The van der Waals surface area contributed by atoms with Crippen LogP contribution < -0.4 is 0 Å². The average Bonchev–Trinajstić information content (AvgIpc) is 3.72. The smallest absolute Gasteiger partial charge is 0.164 e. The second-order valence-electron chi connectivity index (χ2n) is 15.0. The van der Waals surface area contributed by atoms with Crippen molar-refractivity contribution in [3.8, 4) is 56.5 Å². The van der Waals surface area contributed by atoms with Crippen LogP contribution in [0.15, 0.2) is 194 Å². The summed E-state index contributed by atoms with van der Waals surface area (Å²) in [6, 6.07) is 68.5. The molecule has 0 aliphatic carbocycles. The van der Waals surface area contributed by atoms with Crippen LogP contribution in [0.4, 0.5) is 0 Å². The van der Waals surface area contributed by atoms with Crippen molar-refractivity contribution in [3.63, 3.8) is 0 Å². The Morgan fingerprint density at radius 2 is 0.763 bits per heavy atom. The second kappa shape index (κ2) is 13.5.